The van der Waals surface area contributed by atoms with Gasteiger partial charge in [-0.2, -0.15) is 0 Å². The van der Waals surface area contributed by atoms with E-state index in [4.69, 9.17) is 0 Å². The molecule has 0 aliphatic carbocycles. The molecule has 0 aromatic carbocycles. The standard InChI is InChI=1S/C17H20N2OS/c1-13-7-8-16(21-13)17(20)19-10-4-5-14(12-19)11-15-6-2-3-9-18-15/h2-3,6-9,14H,4-5,10-12H2,1H3/t14-/m0/s1. The van der Waals surface area contributed by atoms with Crippen LogP contribution in [0.1, 0.15) is 33.1 Å². The number of pyridine rings is 1. The van der Waals surface area contributed by atoms with Gasteiger partial charge in [0.25, 0.3) is 5.91 Å². The summed E-state index contributed by atoms with van der Waals surface area (Å²) in [4.78, 5) is 21.0. The topological polar surface area (TPSA) is 33.2 Å². The van der Waals surface area contributed by atoms with Crippen LogP contribution in [0.5, 0.6) is 0 Å². The molecule has 1 aliphatic rings. The van der Waals surface area contributed by atoms with E-state index < -0.39 is 0 Å². The maximum absolute atomic E-state index is 12.5. The number of nitrogens with zero attached hydrogens (tertiary/aromatic N) is 2. The van der Waals surface area contributed by atoms with Crippen LogP contribution >= 0.6 is 11.3 Å². The van der Waals surface area contributed by atoms with Gasteiger partial charge in [0.1, 0.15) is 0 Å². The zero-order valence-corrected chi connectivity index (χ0v) is 13.1. The molecule has 4 heteroatoms. The summed E-state index contributed by atoms with van der Waals surface area (Å²) in [5.74, 6) is 0.720. The van der Waals surface area contributed by atoms with E-state index in [1.54, 1.807) is 11.3 Å². The van der Waals surface area contributed by atoms with Crippen molar-refractivity contribution >= 4 is 17.2 Å². The predicted molar refractivity (Wildman–Crippen MR) is 85.6 cm³/mol. The molecule has 0 spiro atoms. The van der Waals surface area contributed by atoms with Gasteiger partial charge in [-0.25, -0.2) is 0 Å². The van der Waals surface area contributed by atoms with Crippen molar-refractivity contribution in [2.75, 3.05) is 13.1 Å². The zero-order chi connectivity index (χ0) is 14.7. The number of aromatic nitrogens is 1. The lowest BCUT2D eigenvalue weighted by Gasteiger charge is -2.32. The third-order valence-electron chi connectivity index (χ3n) is 3.98. The molecule has 1 saturated heterocycles. The first-order chi connectivity index (χ1) is 10.2. The van der Waals surface area contributed by atoms with Crippen molar-refractivity contribution in [3.63, 3.8) is 0 Å². The van der Waals surface area contributed by atoms with E-state index in [0.717, 1.165) is 36.5 Å². The third kappa shape index (κ3) is 3.50. The maximum atomic E-state index is 12.5. The second-order valence-electron chi connectivity index (χ2n) is 5.69. The molecule has 110 valence electrons. The molecule has 0 unspecified atom stereocenters. The number of carbonyl (C=O) groups excluding carboxylic acids is 1. The highest BCUT2D eigenvalue weighted by molar-refractivity contribution is 7.13. The summed E-state index contributed by atoms with van der Waals surface area (Å²) in [7, 11) is 0. The molecule has 1 amide bonds. The van der Waals surface area contributed by atoms with Crippen LogP contribution in [0.4, 0.5) is 0 Å². The van der Waals surface area contributed by atoms with Crippen LogP contribution in [0.25, 0.3) is 0 Å². The normalized spacial score (nSPS) is 18.7. The largest absolute Gasteiger partial charge is 0.338 e. The number of amides is 1. The quantitative estimate of drug-likeness (QED) is 0.868. The van der Waals surface area contributed by atoms with Crippen molar-refractivity contribution in [3.05, 3.63) is 52.0 Å². The fourth-order valence-corrected chi connectivity index (χ4v) is 3.77. The molecule has 2 aromatic heterocycles. The highest BCUT2D eigenvalue weighted by Gasteiger charge is 2.25. The highest BCUT2D eigenvalue weighted by Crippen LogP contribution is 2.24. The number of piperidine rings is 1. The Morgan fingerprint density at radius 3 is 3.00 bits per heavy atom. The number of aryl methyl sites for hydroxylation is 1. The Bertz CT molecular complexity index is 608. The summed E-state index contributed by atoms with van der Waals surface area (Å²) in [5, 5.41) is 0. The third-order valence-corrected chi connectivity index (χ3v) is 4.97. The van der Waals surface area contributed by atoms with E-state index in [9.17, 15) is 4.79 Å². The minimum Gasteiger partial charge on any atom is -0.338 e. The predicted octanol–water partition coefficient (Wildman–Crippen LogP) is 3.55. The van der Waals surface area contributed by atoms with Crippen molar-refractivity contribution in [1.82, 2.24) is 9.88 Å². The van der Waals surface area contributed by atoms with Crippen LogP contribution < -0.4 is 0 Å². The average molecular weight is 300 g/mol. The lowest BCUT2D eigenvalue weighted by Crippen LogP contribution is -2.40. The van der Waals surface area contributed by atoms with Gasteiger partial charge in [-0.05, 0) is 56.4 Å². The second kappa shape index (κ2) is 6.39. The minimum absolute atomic E-state index is 0.193. The van der Waals surface area contributed by atoms with Gasteiger partial charge < -0.3 is 4.90 Å². The summed E-state index contributed by atoms with van der Waals surface area (Å²) >= 11 is 1.59. The Morgan fingerprint density at radius 2 is 2.29 bits per heavy atom. The van der Waals surface area contributed by atoms with Crippen molar-refractivity contribution < 1.29 is 4.79 Å². The van der Waals surface area contributed by atoms with Gasteiger partial charge in [0, 0.05) is 29.9 Å². The van der Waals surface area contributed by atoms with E-state index in [-0.39, 0.29) is 5.91 Å². The Kier molecular flexibility index (Phi) is 4.34. The summed E-state index contributed by atoms with van der Waals surface area (Å²) in [6.07, 6.45) is 5.08. The first kappa shape index (κ1) is 14.3. The van der Waals surface area contributed by atoms with E-state index in [0.29, 0.717) is 5.92 Å². The van der Waals surface area contributed by atoms with Gasteiger partial charge in [-0.15, -0.1) is 11.3 Å². The van der Waals surface area contributed by atoms with E-state index >= 15 is 0 Å². The number of carbonyl (C=O) groups is 1. The van der Waals surface area contributed by atoms with Crippen molar-refractivity contribution in [3.8, 4) is 0 Å². The molecule has 3 nitrogen and oxygen atoms in total. The molecule has 1 fully saturated rings. The van der Waals surface area contributed by atoms with Gasteiger partial charge >= 0.3 is 0 Å². The Labute approximate surface area is 129 Å². The number of likely N-dealkylation sites (tertiary alicyclic amines) is 1. The number of hydrogen-bond acceptors (Lipinski definition) is 3. The fraction of sp³-hybridized carbons (Fsp3) is 0.412. The molecule has 1 aliphatic heterocycles. The molecule has 3 heterocycles. The summed E-state index contributed by atoms with van der Waals surface area (Å²) < 4.78 is 0. The molecule has 1 atom stereocenters. The van der Waals surface area contributed by atoms with Crippen molar-refractivity contribution in [2.24, 2.45) is 5.92 Å². The number of rotatable bonds is 3. The number of hydrogen-bond donors (Lipinski definition) is 0. The summed E-state index contributed by atoms with van der Waals surface area (Å²) in [5.41, 5.74) is 1.13. The van der Waals surface area contributed by atoms with Crippen molar-refractivity contribution in [1.29, 1.82) is 0 Å². The first-order valence-electron chi connectivity index (χ1n) is 7.48. The second-order valence-corrected chi connectivity index (χ2v) is 6.98. The summed E-state index contributed by atoms with van der Waals surface area (Å²) in [6, 6.07) is 10.0. The first-order valence-corrected chi connectivity index (χ1v) is 8.29. The van der Waals surface area contributed by atoms with Gasteiger partial charge in [0.15, 0.2) is 0 Å². The molecular weight excluding hydrogens is 280 g/mol. The van der Waals surface area contributed by atoms with Crippen LogP contribution in [0.15, 0.2) is 36.5 Å². The molecule has 0 saturated carbocycles. The molecule has 3 rings (SSSR count). The van der Waals surface area contributed by atoms with E-state index in [2.05, 4.69) is 11.1 Å². The molecule has 2 aromatic rings. The average Bonchev–Trinajstić information content (AvgIpc) is 2.94. The van der Waals surface area contributed by atoms with Crippen LogP contribution in [0, 0.1) is 12.8 Å². The van der Waals surface area contributed by atoms with Crippen molar-refractivity contribution in [2.45, 2.75) is 26.2 Å². The minimum atomic E-state index is 0.193. The molecule has 21 heavy (non-hydrogen) atoms. The van der Waals surface area contributed by atoms with E-state index in [1.165, 1.54) is 11.3 Å². The monoisotopic (exact) mass is 300 g/mol. The Balaban J connectivity index is 1.64. The number of thiophene rings is 1. The van der Waals surface area contributed by atoms with Gasteiger partial charge in [0.05, 0.1) is 4.88 Å². The molecule has 0 radical (unpaired) electrons. The van der Waals surface area contributed by atoms with Gasteiger partial charge in [-0.3, -0.25) is 9.78 Å². The lowest BCUT2D eigenvalue weighted by atomic mass is 9.93. The van der Waals surface area contributed by atoms with Crippen LogP contribution in [-0.2, 0) is 6.42 Å². The van der Waals surface area contributed by atoms with Gasteiger partial charge in [0.2, 0.25) is 0 Å². The molecular formula is C17H20N2OS. The lowest BCUT2D eigenvalue weighted by molar-refractivity contribution is 0.0677. The smallest absolute Gasteiger partial charge is 0.263 e. The Hall–Kier alpha value is -1.68. The highest BCUT2D eigenvalue weighted by atomic mass is 32.1. The Morgan fingerprint density at radius 1 is 1.38 bits per heavy atom. The zero-order valence-electron chi connectivity index (χ0n) is 12.3. The van der Waals surface area contributed by atoms with E-state index in [1.807, 2.05) is 42.3 Å². The molecule has 0 bridgehead atoms. The van der Waals surface area contributed by atoms with Crippen LogP contribution in [0.2, 0.25) is 0 Å². The fourth-order valence-electron chi connectivity index (χ4n) is 2.94. The molecule has 0 N–H and O–H groups in total. The van der Waals surface area contributed by atoms with Crippen LogP contribution in [0.3, 0.4) is 0 Å². The SMILES string of the molecule is Cc1ccc(C(=O)N2CCC[C@@H](Cc3ccccn3)C2)s1. The van der Waals surface area contributed by atoms with Crippen LogP contribution in [-0.4, -0.2) is 28.9 Å². The summed E-state index contributed by atoms with van der Waals surface area (Å²) in [6.45, 7) is 3.78. The maximum Gasteiger partial charge on any atom is 0.263 e. The van der Waals surface area contributed by atoms with Gasteiger partial charge in [-0.1, -0.05) is 6.07 Å².